The van der Waals surface area contributed by atoms with Gasteiger partial charge in [-0.2, -0.15) is 0 Å². The van der Waals surface area contributed by atoms with E-state index in [4.69, 9.17) is 5.73 Å². The van der Waals surface area contributed by atoms with Gasteiger partial charge in [0.15, 0.2) is 0 Å². The summed E-state index contributed by atoms with van der Waals surface area (Å²) in [6.07, 6.45) is 3.15. The number of nitrogens with one attached hydrogen (secondary N) is 1. The minimum absolute atomic E-state index is 0.533. The Morgan fingerprint density at radius 3 is 2.42 bits per heavy atom. The third-order valence-corrected chi connectivity index (χ3v) is 3.22. The maximum Gasteiger partial charge on any atom is 0.227 e. The first kappa shape index (κ1) is 11.9. The second-order valence-corrected chi connectivity index (χ2v) is 5.09. The van der Waals surface area contributed by atoms with Crippen LogP contribution < -0.4 is 11.1 Å². The third-order valence-electron chi connectivity index (χ3n) is 2.73. The van der Waals surface area contributed by atoms with Gasteiger partial charge < -0.3 is 11.1 Å². The molecule has 0 fully saturated rings. The van der Waals surface area contributed by atoms with Gasteiger partial charge in [0, 0.05) is 10.2 Å². The summed E-state index contributed by atoms with van der Waals surface area (Å²) in [6.45, 7) is 0. The molecule has 0 saturated heterocycles. The molecule has 0 aliphatic carbocycles. The molecule has 0 unspecified atom stereocenters. The number of nitrogens with two attached hydrogens (primary N) is 1. The van der Waals surface area contributed by atoms with Crippen LogP contribution in [0.15, 0.2) is 53.3 Å². The molecule has 0 spiro atoms. The molecule has 0 radical (unpaired) electrons. The predicted molar refractivity (Wildman–Crippen MR) is 81.4 cm³/mol. The van der Waals surface area contributed by atoms with E-state index in [2.05, 4.69) is 55.5 Å². The first-order valence-corrected chi connectivity index (χ1v) is 6.54. The summed E-state index contributed by atoms with van der Waals surface area (Å²) in [5.41, 5.74) is 7.05. The monoisotopic (exact) mass is 314 g/mol. The smallest absolute Gasteiger partial charge is 0.227 e. The summed E-state index contributed by atoms with van der Waals surface area (Å²) >= 11 is 3.46. The Hall–Kier alpha value is -2.14. The van der Waals surface area contributed by atoms with Gasteiger partial charge in [-0.05, 0) is 35.0 Å². The van der Waals surface area contributed by atoms with Crippen LogP contribution in [0, 0.1) is 0 Å². The normalized spacial score (nSPS) is 10.6. The van der Waals surface area contributed by atoms with Gasteiger partial charge in [-0.1, -0.05) is 28.1 Å². The number of halogens is 1. The van der Waals surface area contributed by atoms with Crippen LogP contribution in [-0.4, -0.2) is 9.97 Å². The summed E-state index contributed by atoms with van der Waals surface area (Å²) in [5, 5.41) is 5.48. The van der Waals surface area contributed by atoms with E-state index >= 15 is 0 Å². The average Bonchev–Trinajstić information content (AvgIpc) is 2.42. The lowest BCUT2D eigenvalue weighted by Crippen LogP contribution is -1.97. The summed E-state index contributed by atoms with van der Waals surface area (Å²) in [5.74, 6) is 0.533. The number of hydrogen-bond donors (Lipinski definition) is 2. The Morgan fingerprint density at radius 1 is 0.947 bits per heavy atom. The van der Waals surface area contributed by atoms with Crippen molar-refractivity contribution in [3.05, 3.63) is 53.3 Å². The van der Waals surface area contributed by atoms with Gasteiger partial charge in [0.2, 0.25) is 5.95 Å². The molecule has 0 atom stereocenters. The molecule has 19 heavy (non-hydrogen) atoms. The van der Waals surface area contributed by atoms with E-state index in [9.17, 15) is 0 Å². The van der Waals surface area contributed by atoms with Gasteiger partial charge >= 0.3 is 0 Å². The van der Waals surface area contributed by atoms with Crippen molar-refractivity contribution in [2.45, 2.75) is 0 Å². The standard InChI is InChI=1S/C14H11BrN4/c15-11-3-1-10-6-13(4-2-9(10)5-11)19-14-17-7-12(16)8-18-14/h1-8H,16H2,(H,17,18,19). The van der Waals surface area contributed by atoms with Gasteiger partial charge in [0.05, 0.1) is 18.1 Å². The third kappa shape index (κ3) is 2.66. The fourth-order valence-electron chi connectivity index (χ4n) is 1.83. The highest BCUT2D eigenvalue weighted by Gasteiger charge is 2.00. The molecular formula is C14H11BrN4. The Labute approximate surface area is 118 Å². The fourth-order valence-corrected chi connectivity index (χ4v) is 2.20. The summed E-state index contributed by atoms with van der Waals surface area (Å²) in [6, 6.07) is 12.3. The molecule has 0 saturated carbocycles. The van der Waals surface area contributed by atoms with Crippen LogP contribution in [0.4, 0.5) is 17.3 Å². The van der Waals surface area contributed by atoms with Crippen LogP contribution in [0.3, 0.4) is 0 Å². The Kier molecular flexibility index (Phi) is 3.05. The van der Waals surface area contributed by atoms with Crippen molar-refractivity contribution < 1.29 is 0 Å². The lowest BCUT2D eigenvalue weighted by atomic mass is 10.1. The maximum atomic E-state index is 5.55. The molecule has 1 aromatic heterocycles. The molecule has 3 aromatic rings. The number of nitrogen functional groups attached to an aromatic ring is 1. The highest BCUT2D eigenvalue weighted by molar-refractivity contribution is 9.10. The molecule has 2 aromatic carbocycles. The fraction of sp³-hybridized carbons (Fsp3) is 0. The van der Waals surface area contributed by atoms with Crippen molar-refractivity contribution >= 4 is 44.0 Å². The molecule has 3 N–H and O–H groups in total. The minimum atomic E-state index is 0.533. The van der Waals surface area contributed by atoms with Crippen LogP contribution in [0.5, 0.6) is 0 Å². The summed E-state index contributed by atoms with van der Waals surface area (Å²) < 4.78 is 1.07. The number of nitrogens with zero attached hydrogens (tertiary/aromatic N) is 2. The lowest BCUT2D eigenvalue weighted by Gasteiger charge is -2.06. The van der Waals surface area contributed by atoms with Crippen LogP contribution in [-0.2, 0) is 0 Å². The highest BCUT2D eigenvalue weighted by atomic mass is 79.9. The maximum absolute atomic E-state index is 5.55. The first-order chi connectivity index (χ1) is 9.20. The van der Waals surface area contributed by atoms with Crippen LogP contribution in [0.1, 0.15) is 0 Å². The van der Waals surface area contributed by atoms with E-state index in [0.29, 0.717) is 11.6 Å². The van der Waals surface area contributed by atoms with Gasteiger partial charge in [0.25, 0.3) is 0 Å². The van der Waals surface area contributed by atoms with Gasteiger partial charge in [-0.25, -0.2) is 9.97 Å². The molecule has 1 heterocycles. The zero-order valence-corrected chi connectivity index (χ0v) is 11.6. The Morgan fingerprint density at radius 2 is 1.63 bits per heavy atom. The largest absolute Gasteiger partial charge is 0.396 e. The van der Waals surface area contributed by atoms with E-state index in [1.165, 1.54) is 5.39 Å². The van der Waals surface area contributed by atoms with E-state index in [-0.39, 0.29) is 0 Å². The van der Waals surface area contributed by atoms with Crippen molar-refractivity contribution in [3.63, 3.8) is 0 Å². The van der Waals surface area contributed by atoms with Crippen LogP contribution in [0.2, 0.25) is 0 Å². The summed E-state index contributed by atoms with van der Waals surface area (Å²) in [4.78, 5) is 8.23. The quantitative estimate of drug-likeness (QED) is 0.756. The average molecular weight is 315 g/mol. The molecule has 0 aliphatic heterocycles. The molecular weight excluding hydrogens is 304 g/mol. The van der Waals surface area contributed by atoms with Crippen LogP contribution >= 0.6 is 15.9 Å². The molecule has 0 bridgehead atoms. The van der Waals surface area contributed by atoms with Gasteiger partial charge in [0.1, 0.15) is 0 Å². The SMILES string of the molecule is Nc1cnc(Nc2ccc3cc(Br)ccc3c2)nc1. The number of hydrogen-bond acceptors (Lipinski definition) is 4. The Balaban J connectivity index is 1.93. The van der Waals surface area contributed by atoms with E-state index in [1.54, 1.807) is 12.4 Å². The second kappa shape index (κ2) is 4.85. The van der Waals surface area contributed by atoms with E-state index in [1.807, 2.05) is 12.1 Å². The molecule has 0 aliphatic rings. The minimum Gasteiger partial charge on any atom is -0.396 e. The molecule has 0 amide bonds. The van der Waals surface area contributed by atoms with E-state index in [0.717, 1.165) is 15.5 Å². The molecule has 4 nitrogen and oxygen atoms in total. The number of rotatable bonds is 2. The number of fused-ring (bicyclic) bond motifs is 1. The molecule has 5 heteroatoms. The lowest BCUT2D eigenvalue weighted by molar-refractivity contribution is 1.17. The highest BCUT2D eigenvalue weighted by Crippen LogP contribution is 2.24. The van der Waals surface area contributed by atoms with Crippen molar-refractivity contribution in [3.8, 4) is 0 Å². The number of benzene rings is 2. The zero-order valence-electron chi connectivity index (χ0n) is 9.97. The Bertz CT molecular complexity index is 725. The topological polar surface area (TPSA) is 63.8 Å². The number of aromatic nitrogens is 2. The van der Waals surface area contributed by atoms with E-state index < -0.39 is 0 Å². The van der Waals surface area contributed by atoms with Crippen LogP contribution in [0.25, 0.3) is 10.8 Å². The van der Waals surface area contributed by atoms with Gasteiger partial charge in [-0.3, -0.25) is 0 Å². The first-order valence-electron chi connectivity index (χ1n) is 5.74. The number of anilines is 3. The molecule has 94 valence electrons. The molecule has 3 rings (SSSR count). The van der Waals surface area contributed by atoms with Crippen molar-refractivity contribution in [1.82, 2.24) is 9.97 Å². The van der Waals surface area contributed by atoms with Crippen molar-refractivity contribution in [1.29, 1.82) is 0 Å². The predicted octanol–water partition coefficient (Wildman–Crippen LogP) is 3.72. The van der Waals surface area contributed by atoms with Crippen molar-refractivity contribution in [2.24, 2.45) is 0 Å². The van der Waals surface area contributed by atoms with Gasteiger partial charge in [-0.15, -0.1) is 0 Å². The second-order valence-electron chi connectivity index (χ2n) is 4.17. The van der Waals surface area contributed by atoms with Crippen molar-refractivity contribution in [2.75, 3.05) is 11.1 Å². The summed E-state index contributed by atoms with van der Waals surface area (Å²) in [7, 11) is 0. The zero-order chi connectivity index (χ0) is 13.2.